The molecule has 0 saturated heterocycles. The minimum atomic E-state index is -0.625. The minimum Gasteiger partial charge on any atom is -0.444 e. The molecule has 1 aromatic carbocycles. The molecule has 0 aliphatic heterocycles. The molecular formula is C17H23N3O4. The molecule has 0 radical (unpaired) electrons. The molecule has 130 valence electrons. The van der Waals surface area contributed by atoms with E-state index in [2.05, 4.69) is 5.10 Å². The zero-order chi connectivity index (χ0) is 17.9. The van der Waals surface area contributed by atoms with Crippen LogP contribution in [0.15, 0.2) is 24.3 Å². The van der Waals surface area contributed by atoms with Crippen molar-refractivity contribution in [2.75, 3.05) is 20.2 Å². The van der Waals surface area contributed by atoms with E-state index in [1.807, 2.05) is 12.1 Å². The highest BCUT2D eigenvalue weighted by atomic mass is 16.6. The monoisotopic (exact) mass is 333 g/mol. The van der Waals surface area contributed by atoms with E-state index in [1.165, 1.54) is 16.6 Å². The van der Waals surface area contributed by atoms with Crippen LogP contribution in [0.2, 0.25) is 0 Å². The number of aliphatic hydroxyl groups is 1. The van der Waals surface area contributed by atoms with Crippen molar-refractivity contribution in [3.05, 3.63) is 30.0 Å². The van der Waals surface area contributed by atoms with E-state index in [4.69, 9.17) is 4.74 Å². The van der Waals surface area contributed by atoms with E-state index in [0.717, 1.165) is 0 Å². The third kappa shape index (κ3) is 4.11. The van der Waals surface area contributed by atoms with Crippen molar-refractivity contribution in [2.24, 2.45) is 0 Å². The molecule has 1 amide bonds. The molecule has 1 N–H and O–H groups in total. The van der Waals surface area contributed by atoms with Gasteiger partial charge < -0.3 is 14.7 Å². The molecule has 24 heavy (non-hydrogen) atoms. The maximum atomic E-state index is 12.7. The molecule has 2 aromatic rings. The van der Waals surface area contributed by atoms with Crippen LogP contribution in [0.25, 0.3) is 10.9 Å². The Bertz CT molecular complexity index is 746. The van der Waals surface area contributed by atoms with Crippen molar-refractivity contribution in [1.29, 1.82) is 0 Å². The van der Waals surface area contributed by atoms with E-state index in [-0.39, 0.29) is 25.5 Å². The van der Waals surface area contributed by atoms with Gasteiger partial charge in [0.05, 0.1) is 25.2 Å². The second kappa shape index (κ2) is 7.00. The molecule has 0 aliphatic carbocycles. The van der Waals surface area contributed by atoms with E-state index in [1.54, 1.807) is 32.9 Å². The van der Waals surface area contributed by atoms with Gasteiger partial charge in [-0.1, -0.05) is 18.2 Å². The van der Waals surface area contributed by atoms with Crippen molar-refractivity contribution < 1.29 is 19.4 Å². The average Bonchev–Trinajstić information content (AvgIpc) is 2.83. The lowest BCUT2D eigenvalue weighted by atomic mass is 10.1. The van der Waals surface area contributed by atoms with Crippen LogP contribution in [0.4, 0.5) is 4.79 Å². The summed E-state index contributed by atoms with van der Waals surface area (Å²) in [5.74, 6) is -0.259. The third-order valence-electron chi connectivity index (χ3n) is 3.31. The van der Waals surface area contributed by atoms with E-state index in [0.29, 0.717) is 16.6 Å². The zero-order valence-corrected chi connectivity index (χ0v) is 14.4. The average molecular weight is 333 g/mol. The Hall–Kier alpha value is -2.41. The largest absolute Gasteiger partial charge is 0.444 e. The van der Waals surface area contributed by atoms with Gasteiger partial charge in [-0.05, 0) is 26.8 Å². The summed E-state index contributed by atoms with van der Waals surface area (Å²) in [5.41, 5.74) is 0.434. The van der Waals surface area contributed by atoms with Gasteiger partial charge in [0.25, 0.3) is 0 Å². The van der Waals surface area contributed by atoms with Gasteiger partial charge in [-0.15, -0.1) is 0 Å². The lowest BCUT2D eigenvalue weighted by Crippen LogP contribution is -2.37. The molecule has 0 aliphatic rings. The predicted molar refractivity (Wildman–Crippen MR) is 90.0 cm³/mol. The Morgan fingerprint density at radius 3 is 2.58 bits per heavy atom. The number of hydrogen-bond donors (Lipinski definition) is 1. The van der Waals surface area contributed by atoms with E-state index < -0.39 is 11.7 Å². The number of rotatable bonds is 5. The molecule has 0 unspecified atom stereocenters. The number of likely N-dealkylation sites (N-methyl/N-ethyl adjacent to an activating group) is 1. The first-order valence-corrected chi connectivity index (χ1v) is 7.76. The lowest BCUT2D eigenvalue weighted by Gasteiger charge is -2.24. The predicted octanol–water partition coefficient (Wildman–Crippen LogP) is 2.08. The Balaban J connectivity index is 2.24. The number of fused-ring (bicyclic) bond motifs is 1. The molecule has 0 atom stereocenters. The Morgan fingerprint density at radius 1 is 1.29 bits per heavy atom. The standard InChI is InChI=1S/C17H23N3O4/c1-17(2,3)24-16(23)19(4)11-14(22)15-12-7-5-6-8-13(12)18-20(15)9-10-21/h5-8,21H,9-11H2,1-4H3. The summed E-state index contributed by atoms with van der Waals surface area (Å²) in [6, 6.07) is 7.26. The van der Waals surface area contributed by atoms with E-state index in [9.17, 15) is 14.7 Å². The quantitative estimate of drug-likeness (QED) is 0.847. The topological polar surface area (TPSA) is 84.7 Å². The van der Waals surface area contributed by atoms with Gasteiger partial charge in [0, 0.05) is 12.4 Å². The van der Waals surface area contributed by atoms with Crippen LogP contribution < -0.4 is 0 Å². The van der Waals surface area contributed by atoms with Gasteiger partial charge in [0.15, 0.2) is 0 Å². The molecular weight excluding hydrogens is 310 g/mol. The molecule has 0 spiro atoms. The maximum Gasteiger partial charge on any atom is 0.410 e. The summed E-state index contributed by atoms with van der Waals surface area (Å²) in [6.45, 7) is 5.26. The number of carbonyl (C=O) groups excluding carboxylic acids is 2. The second-order valence-corrected chi connectivity index (χ2v) is 6.57. The number of carbonyl (C=O) groups is 2. The zero-order valence-electron chi connectivity index (χ0n) is 14.4. The first-order chi connectivity index (χ1) is 11.2. The summed E-state index contributed by atoms with van der Waals surface area (Å²) in [5, 5.41) is 14.2. The highest BCUT2D eigenvalue weighted by Crippen LogP contribution is 2.19. The number of Topliss-reactive ketones (excluding diaryl/α,β-unsaturated/α-hetero) is 1. The molecule has 7 nitrogen and oxygen atoms in total. The Kier molecular flexibility index (Phi) is 5.23. The summed E-state index contributed by atoms with van der Waals surface area (Å²) in [4.78, 5) is 26.0. The van der Waals surface area contributed by atoms with E-state index >= 15 is 0 Å². The number of amides is 1. The molecule has 2 rings (SSSR count). The highest BCUT2D eigenvalue weighted by Gasteiger charge is 2.24. The van der Waals surface area contributed by atoms with Crippen LogP contribution in [-0.2, 0) is 11.3 Å². The van der Waals surface area contributed by atoms with Gasteiger partial charge in [0.2, 0.25) is 5.78 Å². The van der Waals surface area contributed by atoms with Crippen molar-refractivity contribution in [3.8, 4) is 0 Å². The van der Waals surface area contributed by atoms with Crippen molar-refractivity contribution in [2.45, 2.75) is 32.9 Å². The normalized spacial score (nSPS) is 11.5. The molecule has 1 heterocycles. The molecule has 1 aromatic heterocycles. The van der Waals surface area contributed by atoms with Gasteiger partial charge in [-0.2, -0.15) is 5.10 Å². The number of hydrogen-bond acceptors (Lipinski definition) is 5. The first-order valence-electron chi connectivity index (χ1n) is 7.76. The van der Waals surface area contributed by atoms with Crippen molar-refractivity contribution in [3.63, 3.8) is 0 Å². The number of ether oxygens (including phenoxy) is 1. The fourth-order valence-corrected chi connectivity index (χ4v) is 2.33. The number of benzene rings is 1. The summed E-state index contributed by atoms with van der Waals surface area (Å²) < 4.78 is 6.74. The van der Waals surface area contributed by atoms with Crippen LogP contribution >= 0.6 is 0 Å². The molecule has 7 heteroatoms. The van der Waals surface area contributed by atoms with Gasteiger partial charge in [-0.25, -0.2) is 4.79 Å². The molecule has 0 saturated carbocycles. The SMILES string of the molecule is CN(CC(=O)c1c2ccccc2nn1CCO)C(=O)OC(C)(C)C. The number of ketones is 1. The van der Waals surface area contributed by atoms with Gasteiger partial charge in [0.1, 0.15) is 11.3 Å². The van der Waals surface area contributed by atoms with Crippen LogP contribution in [0.3, 0.4) is 0 Å². The first kappa shape index (κ1) is 17.9. The number of aromatic nitrogens is 2. The van der Waals surface area contributed by atoms with Crippen molar-refractivity contribution >= 4 is 22.8 Å². The second-order valence-electron chi connectivity index (χ2n) is 6.57. The van der Waals surface area contributed by atoms with Crippen LogP contribution in [0.5, 0.6) is 0 Å². The molecule has 0 bridgehead atoms. The maximum absolute atomic E-state index is 12.7. The molecule has 0 fully saturated rings. The number of nitrogens with zero attached hydrogens (tertiary/aromatic N) is 3. The Labute approximate surface area is 140 Å². The Morgan fingerprint density at radius 2 is 1.96 bits per heavy atom. The van der Waals surface area contributed by atoms with Gasteiger partial charge in [-0.3, -0.25) is 9.48 Å². The highest BCUT2D eigenvalue weighted by molar-refractivity contribution is 6.07. The fraction of sp³-hybridized carbons (Fsp3) is 0.471. The number of aliphatic hydroxyl groups excluding tert-OH is 1. The van der Waals surface area contributed by atoms with Gasteiger partial charge >= 0.3 is 6.09 Å². The lowest BCUT2D eigenvalue weighted by molar-refractivity contribution is 0.0294. The van der Waals surface area contributed by atoms with Crippen LogP contribution in [0.1, 0.15) is 31.3 Å². The van der Waals surface area contributed by atoms with Crippen molar-refractivity contribution in [1.82, 2.24) is 14.7 Å². The summed E-state index contributed by atoms with van der Waals surface area (Å²) >= 11 is 0. The van der Waals surface area contributed by atoms with Crippen LogP contribution in [0, 0.1) is 0 Å². The smallest absolute Gasteiger partial charge is 0.410 e. The summed E-state index contributed by atoms with van der Waals surface area (Å²) in [6.07, 6.45) is -0.562. The summed E-state index contributed by atoms with van der Waals surface area (Å²) in [7, 11) is 1.51. The third-order valence-corrected chi connectivity index (χ3v) is 3.31. The fourth-order valence-electron chi connectivity index (χ4n) is 2.33. The van der Waals surface area contributed by atoms with Crippen LogP contribution in [-0.4, -0.2) is 57.5 Å². The minimum absolute atomic E-state index is 0.129.